The first-order chi connectivity index (χ1) is 20.6. The number of carbonyl (C=O) groups is 2. The predicted octanol–water partition coefficient (Wildman–Crippen LogP) is 1.64. The number of ether oxygens (including phenoxy) is 1. The number of nitrogens with one attached hydrogen (secondary N) is 1. The van der Waals surface area contributed by atoms with Crippen LogP contribution in [0.4, 0.5) is 0 Å². The van der Waals surface area contributed by atoms with Crippen molar-refractivity contribution in [1.82, 2.24) is 5.32 Å². The molecule has 5 aliphatic rings. The Morgan fingerprint density at radius 2 is 1.69 bits per heavy atom. The fourth-order valence-corrected chi connectivity index (χ4v) is 11.0. The zero-order valence-corrected chi connectivity index (χ0v) is 29.7. The molecule has 260 valence electrons. The molecule has 5 rings (SSSR count). The van der Waals surface area contributed by atoms with Gasteiger partial charge in [0.15, 0.2) is 0 Å². The standard InChI is InChI=1S/C36H62N2O6.ClH/c1-23(9-12-31(42)37-15-18-38(16-7-8-17-38)22-44-33(43)34(2,3)4)26-10-11-27-32-28(21-30(41)36(26,27)6)35(5)14-13-25(39)19-24(35)20-29(32)40;/h23-30,32,39-41H,7-22H2,1-6H3;1H/t23-,24+,25-,26-,27+,28+,29-,30+,32+,35+,36-;/m1./s1. The van der Waals surface area contributed by atoms with Crippen LogP contribution in [-0.4, -0.2) is 82.9 Å². The molecule has 0 aromatic rings. The molecule has 1 amide bonds. The molecule has 0 radical (unpaired) electrons. The minimum Gasteiger partial charge on any atom is -1.00 e. The van der Waals surface area contributed by atoms with Gasteiger partial charge in [-0.05, 0) is 118 Å². The summed E-state index contributed by atoms with van der Waals surface area (Å²) in [6, 6.07) is 0. The first-order valence-corrected chi connectivity index (χ1v) is 17.9. The maximum atomic E-state index is 13.0. The maximum absolute atomic E-state index is 13.0. The summed E-state index contributed by atoms with van der Waals surface area (Å²) in [5.41, 5.74) is -0.679. The smallest absolute Gasteiger partial charge is 0.315 e. The summed E-state index contributed by atoms with van der Waals surface area (Å²) in [5, 5.41) is 36.9. The van der Waals surface area contributed by atoms with Crippen LogP contribution in [0.3, 0.4) is 0 Å². The lowest BCUT2D eigenvalue weighted by Gasteiger charge is -2.63. The summed E-state index contributed by atoms with van der Waals surface area (Å²) < 4.78 is 6.43. The average Bonchev–Trinajstić information content (AvgIpc) is 3.57. The molecule has 4 aliphatic carbocycles. The zero-order valence-electron chi connectivity index (χ0n) is 28.9. The number of rotatable bonds is 9. The van der Waals surface area contributed by atoms with Crippen LogP contribution in [0.5, 0.6) is 0 Å². The van der Waals surface area contributed by atoms with Crippen molar-refractivity contribution < 1.29 is 46.5 Å². The topological polar surface area (TPSA) is 116 Å². The molecular weight excluding hydrogens is 592 g/mol. The van der Waals surface area contributed by atoms with Gasteiger partial charge in [0, 0.05) is 19.3 Å². The van der Waals surface area contributed by atoms with Crippen molar-refractivity contribution in [1.29, 1.82) is 0 Å². The van der Waals surface area contributed by atoms with Gasteiger partial charge in [-0.3, -0.25) is 14.1 Å². The van der Waals surface area contributed by atoms with E-state index in [4.69, 9.17) is 4.74 Å². The number of likely N-dealkylation sites (tertiary alicyclic amines) is 1. The fourth-order valence-electron chi connectivity index (χ4n) is 11.0. The molecule has 0 bridgehead atoms. The number of nitrogens with zero attached hydrogens (tertiary/aromatic N) is 1. The van der Waals surface area contributed by atoms with Crippen molar-refractivity contribution >= 4 is 11.9 Å². The molecule has 11 atom stereocenters. The Hall–Kier alpha value is -0.930. The maximum Gasteiger partial charge on any atom is 0.315 e. The second-order valence-corrected chi connectivity index (χ2v) is 17.4. The number of halogens is 1. The number of aliphatic hydroxyl groups excluding tert-OH is 3. The third-order valence-corrected chi connectivity index (χ3v) is 13.9. The summed E-state index contributed by atoms with van der Waals surface area (Å²) in [4.78, 5) is 25.3. The first-order valence-electron chi connectivity index (χ1n) is 17.9. The summed E-state index contributed by atoms with van der Waals surface area (Å²) in [6.45, 7) is 16.2. The Kier molecular flexibility index (Phi) is 11.4. The van der Waals surface area contributed by atoms with Gasteiger partial charge in [-0.25, -0.2) is 0 Å². The second kappa shape index (κ2) is 13.9. The summed E-state index contributed by atoms with van der Waals surface area (Å²) in [7, 11) is 0. The SMILES string of the molecule is C[C@H](CCC(=O)NCC[N+]1(COC(=O)C(C)(C)C)CCCC1)[C@H]1CC[C@H]2[C@@H]3[C@H](O)C[C@@H]4C[C@H](O)CC[C@]4(C)[C@H]3C[C@H](O)[C@]12C.[Cl-]. The number of quaternary nitrogens is 1. The summed E-state index contributed by atoms with van der Waals surface area (Å²) in [6.07, 6.45) is 8.68. The lowest BCUT2D eigenvalue weighted by Crippen LogP contribution is -3.00. The van der Waals surface area contributed by atoms with Crippen molar-refractivity contribution in [3.05, 3.63) is 0 Å². The molecule has 0 unspecified atom stereocenters. The minimum atomic E-state index is -0.516. The number of carbonyl (C=O) groups excluding carboxylic acids is 2. The van der Waals surface area contributed by atoms with Crippen LogP contribution in [0.25, 0.3) is 0 Å². The molecule has 0 aromatic carbocycles. The average molecular weight is 655 g/mol. The minimum absolute atomic E-state index is 0. The Balaban J connectivity index is 0.00000461. The predicted molar refractivity (Wildman–Crippen MR) is 170 cm³/mol. The van der Waals surface area contributed by atoms with E-state index in [0.717, 1.165) is 88.3 Å². The van der Waals surface area contributed by atoms with E-state index in [9.17, 15) is 24.9 Å². The molecule has 8 nitrogen and oxygen atoms in total. The molecule has 1 saturated heterocycles. The van der Waals surface area contributed by atoms with Gasteiger partial charge in [-0.15, -0.1) is 0 Å². The quantitative estimate of drug-likeness (QED) is 0.222. The molecule has 9 heteroatoms. The van der Waals surface area contributed by atoms with Crippen LogP contribution in [0.2, 0.25) is 0 Å². The highest BCUT2D eigenvalue weighted by molar-refractivity contribution is 5.76. The van der Waals surface area contributed by atoms with Gasteiger partial charge < -0.3 is 37.8 Å². The molecular formula is C36H63ClN2O6. The number of esters is 1. The van der Waals surface area contributed by atoms with Crippen molar-refractivity contribution in [3.63, 3.8) is 0 Å². The van der Waals surface area contributed by atoms with Crippen molar-refractivity contribution in [2.24, 2.45) is 51.8 Å². The fraction of sp³-hybridized carbons (Fsp3) is 0.944. The highest BCUT2D eigenvalue weighted by Crippen LogP contribution is 2.68. The lowest BCUT2D eigenvalue weighted by atomic mass is 9.43. The van der Waals surface area contributed by atoms with E-state index in [-0.39, 0.29) is 53.2 Å². The van der Waals surface area contributed by atoms with E-state index in [1.165, 1.54) is 0 Å². The van der Waals surface area contributed by atoms with Crippen LogP contribution in [0.1, 0.15) is 112 Å². The first kappa shape index (κ1) is 36.9. The number of aliphatic hydroxyl groups is 3. The number of hydrogen-bond acceptors (Lipinski definition) is 6. The lowest BCUT2D eigenvalue weighted by molar-refractivity contribution is -0.931. The molecule has 0 aromatic heterocycles. The van der Waals surface area contributed by atoms with Crippen molar-refractivity contribution in [2.75, 3.05) is 32.9 Å². The third kappa shape index (κ3) is 7.11. The molecule has 45 heavy (non-hydrogen) atoms. The molecule has 5 fully saturated rings. The van der Waals surface area contributed by atoms with E-state index in [0.29, 0.717) is 49.3 Å². The zero-order chi connectivity index (χ0) is 32.1. The number of fused-ring (bicyclic) bond motifs is 5. The van der Waals surface area contributed by atoms with Crippen LogP contribution >= 0.6 is 0 Å². The van der Waals surface area contributed by atoms with E-state index >= 15 is 0 Å². The summed E-state index contributed by atoms with van der Waals surface area (Å²) in [5.74, 6) is 1.68. The van der Waals surface area contributed by atoms with Gasteiger partial charge >= 0.3 is 5.97 Å². The van der Waals surface area contributed by atoms with E-state index < -0.39 is 11.5 Å². The van der Waals surface area contributed by atoms with E-state index in [1.807, 2.05) is 20.8 Å². The van der Waals surface area contributed by atoms with E-state index in [2.05, 4.69) is 26.1 Å². The Morgan fingerprint density at radius 3 is 2.36 bits per heavy atom. The van der Waals surface area contributed by atoms with Crippen molar-refractivity contribution in [2.45, 2.75) is 130 Å². The van der Waals surface area contributed by atoms with Gasteiger partial charge in [-0.1, -0.05) is 20.8 Å². The molecule has 0 spiro atoms. The normalized spacial score (nSPS) is 41.2. The highest BCUT2D eigenvalue weighted by atomic mass is 35.5. The van der Waals surface area contributed by atoms with Gasteiger partial charge in [0.25, 0.3) is 0 Å². The second-order valence-electron chi connectivity index (χ2n) is 17.4. The number of amides is 1. The monoisotopic (exact) mass is 654 g/mol. The third-order valence-electron chi connectivity index (χ3n) is 13.9. The molecule has 4 saturated carbocycles. The van der Waals surface area contributed by atoms with Gasteiger partial charge in [0.05, 0.1) is 49.9 Å². The molecule has 1 heterocycles. The van der Waals surface area contributed by atoms with Crippen LogP contribution in [0, 0.1) is 51.8 Å². The Bertz CT molecular complexity index is 1050. The highest BCUT2D eigenvalue weighted by Gasteiger charge is 2.65. The van der Waals surface area contributed by atoms with E-state index in [1.54, 1.807) is 0 Å². The van der Waals surface area contributed by atoms with Crippen LogP contribution in [0.15, 0.2) is 0 Å². The van der Waals surface area contributed by atoms with Crippen LogP contribution < -0.4 is 17.7 Å². The van der Waals surface area contributed by atoms with Gasteiger partial charge in [0.1, 0.15) is 0 Å². The van der Waals surface area contributed by atoms with Crippen LogP contribution in [-0.2, 0) is 14.3 Å². The summed E-state index contributed by atoms with van der Waals surface area (Å²) >= 11 is 0. The van der Waals surface area contributed by atoms with Crippen molar-refractivity contribution in [3.8, 4) is 0 Å². The van der Waals surface area contributed by atoms with Gasteiger partial charge in [0.2, 0.25) is 12.6 Å². The molecule has 1 aliphatic heterocycles. The largest absolute Gasteiger partial charge is 1.00 e. The van der Waals surface area contributed by atoms with Gasteiger partial charge in [-0.2, -0.15) is 0 Å². The Labute approximate surface area is 278 Å². The Morgan fingerprint density at radius 1 is 1.00 bits per heavy atom. The molecule has 4 N–H and O–H groups in total. The number of hydrogen-bond donors (Lipinski definition) is 4.